The lowest BCUT2D eigenvalue weighted by molar-refractivity contribution is 0.430. The van der Waals surface area contributed by atoms with Crippen LogP contribution in [0.25, 0.3) is 0 Å². The van der Waals surface area contributed by atoms with Gasteiger partial charge in [-0.2, -0.15) is 0 Å². The van der Waals surface area contributed by atoms with Crippen molar-refractivity contribution in [1.82, 2.24) is 5.32 Å². The molecular weight excluding hydrogens is 241 g/mol. The van der Waals surface area contributed by atoms with Gasteiger partial charge in [0.25, 0.3) is 0 Å². The first kappa shape index (κ1) is 12.1. The van der Waals surface area contributed by atoms with Crippen LogP contribution in [0.15, 0.2) is 41.0 Å². The van der Waals surface area contributed by atoms with Crippen molar-refractivity contribution in [3.63, 3.8) is 0 Å². The van der Waals surface area contributed by atoms with E-state index in [0.717, 1.165) is 11.3 Å². The molecule has 0 saturated heterocycles. The van der Waals surface area contributed by atoms with Gasteiger partial charge < -0.3 is 9.73 Å². The molecule has 2 aromatic rings. The van der Waals surface area contributed by atoms with E-state index in [9.17, 15) is 4.39 Å². The SMILES string of the molecule is C[C@@H](NCc1cc(F)cc(Cl)c1)c1ccco1. The van der Waals surface area contributed by atoms with Gasteiger partial charge in [-0.25, -0.2) is 4.39 Å². The molecule has 1 N–H and O–H groups in total. The van der Waals surface area contributed by atoms with Crippen LogP contribution in [0.2, 0.25) is 5.02 Å². The highest BCUT2D eigenvalue weighted by Crippen LogP contribution is 2.16. The zero-order valence-corrected chi connectivity index (χ0v) is 10.2. The fourth-order valence-electron chi connectivity index (χ4n) is 1.62. The van der Waals surface area contributed by atoms with E-state index in [1.807, 2.05) is 19.1 Å². The van der Waals surface area contributed by atoms with Crippen LogP contribution in [0, 0.1) is 5.82 Å². The minimum atomic E-state index is -0.319. The Labute approximate surface area is 104 Å². The summed E-state index contributed by atoms with van der Waals surface area (Å²) >= 11 is 5.78. The zero-order chi connectivity index (χ0) is 12.3. The fourth-order valence-corrected chi connectivity index (χ4v) is 1.87. The Morgan fingerprint density at radius 2 is 2.24 bits per heavy atom. The fraction of sp³-hybridized carbons (Fsp3) is 0.231. The molecule has 0 unspecified atom stereocenters. The Morgan fingerprint density at radius 1 is 1.41 bits per heavy atom. The Kier molecular flexibility index (Phi) is 3.82. The number of nitrogens with one attached hydrogen (secondary N) is 1. The second-order valence-corrected chi connectivity index (χ2v) is 4.33. The van der Waals surface area contributed by atoms with E-state index < -0.39 is 0 Å². The van der Waals surface area contributed by atoms with Crippen molar-refractivity contribution in [2.24, 2.45) is 0 Å². The summed E-state index contributed by atoms with van der Waals surface area (Å²) in [5, 5.41) is 3.65. The molecule has 0 fully saturated rings. The molecule has 0 spiro atoms. The standard InChI is InChI=1S/C13H13ClFNO/c1-9(13-3-2-4-17-13)16-8-10-5-11(14)7-12(15)6-10/h2-7,9,16H,8H2,1H3/t9-/m1/s1. The van der Waals surface area contributed by atoms with Gasteiger partial charge in [-0.15, -0.1) is 0 Å². The lowest BCUT2D eigenvalue weighted by atomic mass is 10.2. The largest absolute Gasteiger partial charge is 0.468 e. The maximum absolute atomic E-state index is 13.1. The summed E-state index contributed by atoms with van der Waals surface area (Å²) in [6.07, 6.45) is 1.63. The molecule has 4 heteroatoms. The van der Waals surface area contributed by atoms with Crippen molar-refractivity contribution in [3.8, 4) is 0 Å². The molecule has 2 rings (SSSR count). The maximum atomic E-state index is 13.1. The molecule has 0 aliphatic rings. The van der Waals surface area contributed by atoms with E-state index in [-0.39, 0.29) is 11.9 Å². The highest BCUT2D eigenvalue weighted by Gasteiger charge is 2.07. The summed E-state index contributed by atoms with van der Waals surface area (Å²) in [5.41, 5.74) is 0.813. The van der Waals surface area contributed by atoms with Crippen LogP contribution in [0.5, 0.6) is 0 Å². The third kappa shape index (κ3) is 3.32. The van der Waals surface area contributed by atoms with Crippen LogP contribution in [0.1, 0.15) is 24.3 Å². The van der Waals surface area contributed by atoms with Gasteiger partial charge in [-0.05, 0) is 42.8 Å². The first-order valence-corrected chi connectivity index (χ1v) is 5.74. The molecule has 0 amide bonds. The van der Waals surface area contributed by atoms with Crippen LogP contribution in [-0.2, 0) is 6.54 Å². The van der Waals surface area contributed by atoms with E-state index in [0.29, 0.717) is 11.6 Å². The number of furan rings is 1. The topological polar surface area (TPSA) is 25.2 Å². The van der Waals surface area contributed by atoms with Crippen LogP contribution < -0.4 is 5.32 Å². The predicted molar refractivity (Wildman–Crippen MR) is 65.4 cm³/mol. The van der Waals surface area contributed by atoms with Crippen molar-refractivity contribution >= 4 is 11.6 Å². The highest BCUT2D eigenvalue weighted by atomic mass is 35.5. The van der Waals surface area contributed by atoms with Gasteiger partial charge in [0.2, 0.25) is 0 Å². The first-order chi connectivity index (χ1) is 8.15. The molecule has 0 aliphatic carbocycles. The summed E-state index contributed by atoms with van der Waals surface area (Å²) in [7, 11) is 0. The Morgan fingerprint density at radius 3 is 2.88 bits per heavy atom. The zero-order valence-electron chi connectivity index (χ0n) is 9.41. The third-order valence-corrected chi connectivity index (χ3v) is 2.72. The van der Waals surface area contributed by atoms with Crippen LogP contribution in [-0.4, -0.2) is 0 Å². The molecule has 1 heterocycles. The molecule has 0 bridgehead atoms. The first-order valence-electron chi connectivity index (χ1n) is 5.37. The lowest BCUT2D eigenvalue weighted by Gasteiger charge is -2.11. The normalized spacial score (nSPS) is 12.6. The smallest absolute Gasteiger partial charge is 0.125 e. The van der Waals surface area contributed by atoms with Gasteiger partial charge in [0.05, 0.1) is 12.3 Å². The van der Waals surface area contributed by atoms with Gasteiger partial charge >= 0.3 is 0 Å². The van der Waals surface area contributed by atoms with Crippen LogP contribution in [0.4, 0.5) is 4.39 Å². The number of hydrogen-bond donors (Lipinski definition) is 1. The van der Waals surface area contributed by atoms with Gasteiger partial charge in [0, 0.05) is 11.6 Å². The monoisotopic (exact) mass is 253 g/mol. The van der Waals surface area contributed by atoms with Crippen molar-refractivity contribution in [2.45, 2.75) is 19.5 Å². The summed E-state index contributed by atoms with van der Waals surface area (Å²) in [6.45, 7) is 2.53. The number of rotatable bonds is 4. The Hall–Kier alpha value is -1.32. The maximum Gasteiger partial charge on any atom is 0.125 e. The molecule has 1 aromatic heterocycles. The van der Waals surface area contributed by atoms with E-state index in [1.54, 1.807) is 12.3 Å². The van der Waals surface area contributed by atoms with Crippen LogP contribution in [0.3, 0.4) is 0 Å². The summed E-state index contributed by atoms with van der Waals surface area (Å²) < 4.78 is 18.4. The Bertz CT molecular complexity index is 464. The van der Waals surface area contributed by atoms with Crippen molar-refractivity contribution < 1.29 is 8.81 Å². The molecule has 0 radical (unpaired) electrons. The summed E-state index contributed by atoms with van der Waals surface area (Å²) in [4.78, 5) is 0. The highest BCUT2D eigenvalue weighted by molar-refractivity contribution is 6.30. The third-order valence-electron chi connectivity index (χ3n) is 2.50. The molecule has 17 heavy (non-hydrogen) atoms. The number of benzene rings is 1. The lowest BCUT2D eigenvalue weighted by Crippen LogP contribution is -2.17. The average Bonchev–Trinajstić information content (AvgIpc) is 2.78. The quantitative estimate of drug-likeness (QED) is 0.893. The minimum absolute atomic E-state index is 0.0760. The van der Waals surface area contributed by atoms with Gasteiger partial charge in [-0.3, -0.25) is 0 Å². The van der Waals surface area contributed by atoms with E-state index >= 15 is 0 Å². The van der Waals surface area contributed by atoms with E-state index in [1.165, 1.54) is 12.1 Å². The van der Waals surface area contributed by atoms with Crippen molar-refractivity contribution in [1.29, 1.82) is 0 Å². The molecular formula is C13H13ClFNO. The van der Waals surface area contributed by atoms with Crippen molar-refractivity contribution in [2.75, 3.05) is 0 Å². The molecule has 1 atom stereocenters. The van der Waals surface area contributed by atoms with Gasteiger partial charge in [-0.1, -0.05) is 11.6 Å². The van der Waals surface area contributed by atoms with E-state index in [2.05, 4.69) is 5.32 Å². The number of hydrogen-bond acceptors (Lipinski definition) is 2. The van der Waals surface area contributed by atoms with E-state index in [4.69, 9.17) is 16.0 Å². The molecule has 90 valence electrons. The molecule has 0 aliphatic heterocycles. The molecule has 1 aromatic carbocycles. The second-order valence-electron chi connectivity index (χ2n) is 3.90. The molecule has 2 nitrogen and oxygen atoms in total. The second kappa shape index (κ2) is 5.34. The molecule has 0 saturated carbocycles. The van der Waals surface area contributed by atoms with Gasteiger partial charge in [0.15, 0.2) is 0 Å². The average molecular weight is 254 g/mol. The predicted octanol–water partition coefficient (Wildman–Crippen LogP) is 3.92. The van der Waals surface area contributed by atoms with Crippen molar-refractivity contribution in [3.05, 3.63) is 58.8 Å². The van der Waals surface area contributed by atoms with Crippen LogP contribution >= 0.6 is 11.6 Å². The Balaban J connectivity index is 1.98. The minimum Gasteiger partial charge on any atom is -0.468 e. The summed E-state index contributed by atoms with van der Waals surface area (Å²) in [6, 6.07) is 8.32. The van der Waals surface area contributed by atoms with Gasteiger partial charge in [0.1, 0.15) is 11.6 Å². The number of halogens is 2. The summed E-state index contributed by atoms with van der Waals surface area (Å²) in [5.74, 6) is 0.535.